The molecule has 0 atom stereocenters. The van der Waals surface area contributed by atoms with Gasteiger partial charge >= 0.3 is 0 Å². The van der Waals surface area contributed by atoms with Gasteiger partial charge in [-0.05, 0) is 66.9 Å². The van der Waals surface area contributed by atoms with Crippen molar-refractivity contribution in [1.82, 2.24) is 15.3 Å². The van der Waals surface area contributed by atoms with Gasteiger partial charge in [0.25, 0.3) is 0 Å². The van der Waals surface area contributed by atoms with Crippen LogP contribution in [0.2, 0.25) is 0 Å². The van der Waals surface area contributed by atoms with Crippen molar-refractivity contribution in [3.63, 3.8) is 0 Å². The number of benzene rings is 2. The molecule has 1 aromatic heterocycles. The molecule has 0 bridgehead atoms. The molecule has 8 heteroatoms. The van der Waals surface area contributed by atoms with Gasteiger partial charge < -0.3 is 25.2 Å². The number of ether oxygens (including phenoxy) is 1. The molecule has 3 aliphatic heterocycles. The van der Waals surface area contributed by atoms with E-state index in [1.54, 1.807) is 0 Å². The molecule has 0 spiro atoms. The molecule has 210 valence electrons. The summed E-state index contributed by atoms with van der Waals surface area (Å²) in [7, 11) is 0. The highest BCUT2D eigenvalue weighted by atomic mass is 32.1. The molecule has 0 aliphatic carbocycles. The second-order valence-electron chi connectivity index (χ2n) is 11.6. The van der Waals surface area contributed by atoms with E-state index in [9.17, 15) is 0 Å². The van der Waals surface area contributed by atoms with Crippen LogP contribution in [-0.2, 0) is 23.1 Å². The summed E-state index contributed by atoms with van der Waals surface area (Å²) < 4.78 is 5.71. The van der Waals surface area contributed by atoms with Crippen LogP contribution in [0.15, 0.2) is 60.7 Å². The van der Waals surface area contributed by atoms with Crippen LogP contribution in [0.1, 0.15) is 49.3 Å². The lowest BCUT2D eigenvalue weighted by molar-refractivity contribution is 0.0515. The van der Waals surface area contributed by atoms with Crippen molar-refractivity contribution in [2.24, 2.45) is 5.92 Å². The molecule has 0 saturated carbocycles. The Morgan fingerprint density at radius 2 is 1.60 bits per heavy atom. The van der Waals surface area contributed by atoms with Gasteiger partial charge in [-0.3, -0.25) is 0 Å². The molecule has 2 saturated heterocycles. The number of rotatable bonds is 6. The predicted octanol–water partition coefficient (Wildman–Crippen LogP) is 5.31. The third-order valence-corrected chi connectivity index (χ3v) is 9.16. The molecule has 7 nitrogen and oxygen atoms in total. The molecule has 6 rings (SSSR count). The number of anilines is 3. The van der Waals surface area contributed by atoms with Crippen molar-refractivity contribution in [1.29, 1.82) is 0 Å². The van der Waals surface area contributed by atoms with Gasteiger partial charge in [0.05, 0.1) is 0 Å². The number of aromatic nitrogens is 2. The summed E-state index contributed by atoms with van der Waals surface area (Å²) in [5.41, 5.74) is 4.13. The maximum absolute atomic E-state index is 5.81. The minimum Gasteiger partial charge on any atom is -0.381 e. The molecule has 0 amide bonds. The van der Waals surface area contributed by atoms with E-state index in [1.807, 2.05) is 0 Å². The van der Waals surface area contributed by atoms with E-state index >= 15 is 0 Å². The number of fused-ring (bicyclic) bond motifs is 1. The molecular weight excluding hydrogens is 516 g/mol. The van der Waals surface area contributed by atoms with E-state index in [0.717, 1.165) is 82.8 Å². The Morgan fingerprint density at radius 1 is 0.925 bits per heavy atom. The molecule has 40 heavy (non-hydrogen) atoms. The summed E-state index contributed by atoms with van der Waals surface area (Å²) in [6.45, 7) is 8.44. The van der Waals surface area contributed by atoms with Crippen molar-refractivity contribution in [3.8, 4) is 0 Å². The summed E-state index contributed by atoms with van der Waals surface area (Å²) >= 11 is 5.81. The Hall–Kier alpha value is -3.23. The van der Waals surface area contributed by atoms with Crippen LogP contribution < -0.4 is 20.4 Å². The van der Waals surface area contributed by atoms with Crippen molar-refractivity contribution in [2.75, 3.05) is 54.5 Å². The van der Waals surface area contributed by atoms with E-state index in [0.29, 0.717) is 11.1 Å². The summed E-state index contributed by atoms with van der Waals surface area (Å²) in [6, 6.07) is 21.6. The highest BCUT2D eigenvalue weighted by molar-refractivity contribution is 7.80. The maximum atomic E-state index is 5.81. The normalized spacial score (nSPS) is 19.1. The van der Waals surface area contributed by atoms with E-state index in [4.69, 9.17) is 26.9 Å². The summed E-state index contributed by atoms with van der Waals surface area (Å²) in [6.07, 6.45) is 5.32. The molecule has 2 aromatic carbocycles. The van der Waals surface area contributed by atoms with Gasteiger partial charge in [0, 0.05) is 57.4 Å². The quantitative estimate of drug-likeness (QED) is 0.396. The third kappa shape index (κ3) is 6.08. The summed E-state index contributed by atoms with van der Waals surface area (Å²) in [5.74, 6) is 3.25. The zero-order valence-electron chi connectivity index (χ0n) is 23.4. The van der Waals surface area contributed by atoms with Crippen molar-refractivity contribution in [3.05, 3.63) is 77.4 Å². The van der Waals surface area contributed by atoms with Gasteiger partial charge in [-0.2, -0.15) is 9.97 Å². The smallest absolute Gasteiger partial charge is 0.232 e. The molecule has 2 fully saturated rings. The first-order chi connectivity index (χ1) is 19.6. The Balaban J connectivity index is 1.21. The molecular formula is C32H40N6OS. The van der Waals surface area contributed by atoms with Gasteiger partial charge in [0.15, 0.2) is 5.11 Å². The zero-order chi connectivity index (χ0) is 27.4. The van der Waals surface area contributed by atoms with Gasteiger partial charge in [-0.1, -0.05) is 61.5 Å². The first-order valence-electron chi connectivity index (χ1n) is 14.7. The van der Waals surface area contributed by atoms with E-state index in [-0.39, 0.29) is 5.41 Å². The van der Waals surface area contributed by atoms with Crippen LogP contribution >= 0.6 is 12.2 Å². The maximum Gasteiger partial charge on any atom is 0.232 e. The van der Waals surface area contributed by atoms with E-state index < -0.39 is 0 Å². The van der Waals surface area contributed by atoms with Crippen LogP contribution in [0, 0.1) is 5.92 Å². The van der Waals surface area contributed by atoms with Crippen LogP contribution in [0.4, 0.5) is 17.6 Å². The van der Waals surface area contributed by atoms with Crippen LogP contribution in [0.3, 0.4) is 0 Å². The first-order valence-corrected chi connectivity index (χ1v) is 15.1. The molecule has 0 radical (unpaired) electrons. The van der Waals surface area contributed by atoms with Crippen LogP contribution in [0.25, 0.3) is 0 Å². The molecule has 4 heterocycles. The van der Waals surface area contributed by atoms with Crippen molar-refractivity contribution in [2.45, 2.75) is 51.0 Å². The molecule has 3 aliphatic rings. The second kappa shape index (κ2) is 12.1. The average molecular weight is 557 g/mol. The van der Waals surface area contributed by atoms with Crippen LogP contribution in [0.5, 0.6) is 0 Å². The zero-order valence-corrected chi connectivity index (χ0v) is 24.3. The third-order valence-electron chi connectivity index (χ3n) is 8.91. The summed E-state index contributed by atoms with van der Waals surface area (Å²) in [4.78, 5) is 14.7. The van der Waals surface area contributed by atoms with Gasteiger partial charge in [-0.15, -0.1) is 0 Å². The lowest BCUT2D eigenvalue weighted by Gasteiger charge is -2.38. The first kappa shape index (κ1) is 27.0. The van der Waals surface area contributed by atoms with Crippen molar-refractivity contribution < 1.29 is 4.74 Å². The SMILES string of the molecule is CC1CCN(c2cc(N3CCc4ccccc4C3)nc(NC(=S)NCC3(c4ccccc4)CCOCC3)n2)CC1. The van der Waals surface area contributed by atoms with Crippen molar-refractivity contribution >= 4 is 34.9 Å². The largest absolute Gasteiger partial charge is 0.381 e. The van der Waals surface area contributed by atoms with Gasteiger partial charge in [0.2, 0.25) is 5.95 Å². The number of piperidine rings is 1. The fourth-order valence-corrected chi connectivity index (χ4v) is 6.41. The predicted molar refractivity (Wildman–Crippen MR) is 166 cm³/mol. The van der Waals surface area contributed by atoms with Gasteiger partial charge in [-0.25, -0.2) is 0 Å². The fraction of sp³-hybridized carbons (Fsp3) is 0.469. The Morgan fingerprint density at radius 3 is 2.35 bits per heavy atom. The lowest BCUT2D eigenvalue weighted by atomic mass is 9.74. The van der Waals surface area contributed by atoms with Gasteiger partial charge in [0.1, 0.15) is 11.6 Å². The van der Waals surface area contributed by atoms with Crippen LogP contribution in [-0.4, -0.2) is 54.5 Å². The topological polar surface area (TPSA) is 65.5 Å². The Kier molecular flexibility index (Phi) is 8.16. The number of nitrogens with one attached hydrogen (secondary N) is 2. The Bertz CT molecular complexity index is 1300. The molecule has 2 N–H and O–H groups in total. The number of hydrogen-bond donors (Lipinski definition) is 2. The number of thiocarbonyl (C=S) groups is 1. The second-order valence-corrected chi connectivity index (χ2v) is 12.0. The highest BCUT2D eigenvalue weighted by Gasteiger charge is 2.34. The molecule has 0 unspecified atom stereocenters. The van der Waals surface area contributed by atoms with E-state index in [2.05, 4.69) is 88.0 Å². The highest BCUT2D eigenvalue weighted by Crippen LogP contribution is 2.34. The standard InChI is InChI=1S/C32H40N6OS/c1-24-11-16-37(17-12-24)28-21-29(38-18-13-25-7-5-6-8-26(25)22-38)35-30(34-28)36-31(40)33-23-32(14-19-39-20-15-32)27-9-3-2-4-10-27/h2-10,21,24H,11-20,22-23H2,1H3,(H2,33,34,35,36,40). The Labute approximate surface area is 243 Å². The summed E-state index contributed by atoms with van der Waals surface area (Å²) in [5, 5.41) is 7.42. The van der Waals surface area contributed by atoms with E-state index in [1.165, 1.54) is 29.5 Å². The lowest BCUT2D eigenvalue weighted by Crippen LogP contribution is -2.45. The average Bonchev–Trinajstić information content (AvgIpc) is 3.01. The number of hydrogen-bond acceptors (Lipinski definition) is 6. The minimum absolute atomic E-state index is 0.00912. The molecule has 3 aromatic rings. The number of nitrogens with zero attached hydrogens (tertiary/aromatic N) is 4. The monoisotopic (exact) mass is 556 g/mol. The minimum atomic E-state index is -0.00912. The fourth-order valence-electron chi connectivity index (χ4n) is 6.25.